The fourth-order valence-electron chi connectivity index (χ4n) is 3.69. The SMILES string of the molecule is CC#Cc1cc(C)c(C2=C(O)CC(Cc3cccc(C#N)n3)C2=O)c(C)c1. The van der Waals surface area contributed by atoms with Gasteiger partial charge in [-0.3, -0.25) is 4.79 Å². The number of aliphatic hydroxyl groups is 1. The number of Topliss-reactive ketones (excluding diaryl/α,β-unsaturated/α-hetero) is 1. The van der Waals surface area contributed by atoms with E-state index in [9.17, 15) is 9.90 Å². The first-order valence-electron chi connectivity index (χ1n) is 8.81. The number of aliphatic hydroxyl groups excluding tert-OH is 1. The van der Waals surface area contributed by atoms with Crippen LogP contribution in [0.1, 0.15) is 47.0 Å². The molecule has 4 heteroatoms. The third-order valence-corrected chi connectivity index (χ3v) is 4.77. The third-order valence-electron chi connectivity index (χ3n) is 4.77. The highest BCUT2D eigenvalue weighted by Crippen LogP contribution is 2.38. The van der Waals surface area contributed by atoms with Gasteiger partial charge in [0.15, 0.2) is 5.78 Å². The van der Waals surface area contributed by atoms with E-state index in [2.05, 4.69) is 16.8 Å². The molecule has 1 aliphatic carbocycles. The van der Waals surface area contributed by atoms with E-state index in [1.54, 1.807) is 25.1 Å². The summed E-state index contributed by atoms with van der Waals surface area (Å²) in [5, 5.41) is 19.5. The van der Waals surface area contributed by atoms with Crippen molar-refractivity contribution in [1.29, 1.82) is 5.26 Å². The van der Waals surface area contributed by atoms with Crippen LogP contribution in [0.4, 0.5) is 0 Å². The molecule has 1 atom stereocenters. The number of aromatic nitrogens is 1. The lowest BCUT2D eigenvalue weighted by atomic mass is 9.89. The number of hydrogen-bond acceptors (Lipinski definition) is 4. The second kappa shape index (κ2) is 7.48. The van der Waals surface area contributed by atoms with Gasteiger partial charge >= 0.3 is 0 Å². The van der Waals surface area contributed by atoms with Crippen molar-refractivity contribution in [3.05, 3.63) is 69.7 Å². The number of nitriles is 1. The lowest BCUT2D eigenvalue weighted by molar-refractivity contribution is -0.116. The van der Waals surface area contributed by atoms with Gasteiger partial charge in [-0.1, -0.05) is 12.0 Å². The number of allylic oxidation sites excluding steroid dienone is 2. The average molecular weight is 356 g/mol. The van der Waals surface area contributed by atoms with Crippen LogP contribution in [0.25, 0.3) is 5.57 Å². The van der Waals surface area contributed by atoms with Gasteiger partial charge in [-0.2, -0.15) is 5.26 Å². The van der Waals surface area contributed by atoms with Crippen molar-refractivity contribution >= 4 is 11.4 Å². The number of benzene rings is 1. The first-order valence-corrected chi connectivity index (χ1v) is 8.81. The molecule has 1 aliphatic rings. The van der Waals surface area contributed by atoms with Gasteiger partial charge in [0.1, 0.15) is 17.5 Å². The van der Waals surface area contributed by atoms with Gasteiger partial charge in [0.2, 0.25) is 0 Å². The topological polar surface area (TPSA) is 74.0 Å². The third kappa shape index (κ3) is 3.61. The first kappa shape index (κ1) is 18.4. The lowest BCUT2D eigenvalue weighted by Gasteiger charge is -2.13. The number of ketones is 1. The molecule has 1 N–H and O–H groups in total. The Labute approximate surface area is 159 Å². The quantitative estimate of drug-likeness (QED) is 0.842. The summed E-state index contributed by atoms with van der Waals surface area (Å²) in [5.74, 6) is 5.60. The Morgan fingerprint density at radius 2 is 1.96 bits per heavy atom. The van der Waals surface area contributed by atoms with Gasteiger partial charge in [0.05, 0.1) is 5.57 Å². The number of carbonyl (C=O) groups excluding carboxylic acids is 1. The number of rotatable bonds is 3. The molecule has 2 aromatic rings. The standard InChI is InChI=1S/C23H20N2O2/c1-4-6-16-9-14(2)21(15(3)10-16)22-20(26)12-17(23(22)27)11-18-7-5-8-19(13-24)25-18/h5,7-10,17,26H,11-12H2,1-3H3. The van der Waals surface area contributed by atoms with Crippen LogP contribution < -0.4 is 0 Å². The van der Waals surface area contributed by atoms with Crippen molar-refractivity contribution in [3.8, 4) is 17.9 Å². The van der Waals surface area contributed by atoms with E-state index in [1.165, 1.54) is 0 Å². The van der Waals surface area contributed by atoms with E-state index >= 15 is 0 Å². The molecule has 0 saturated carbocycles. The molecule has 3 rings (SSSR count). The normalized spacial score (nSPS) is 16.1. The molecule has 134 valence electrons. The second-order valence-corrected chi connectivity index (χ2v) is 6.78. The summed E-state index contributed by atoms with van der Waals surface area (Å²) in [6.45, 7) is 5.65. The fraction of sp³-hybridized carbons (Fsp3) is 0.261. The van der Waals surface area contributed by atoms with Gasteiger partial charge in [0.25, 0.3) is 0 Å². The number of hydrogen-bond donors (Lipinski definition) is 1. The molecule has 0 spiro atoms. The molecule has 0 amide bonds. The van der Waals surface area contributed by atoms with Crippen molar-refractivity contribution < 1.29 is 9.90 Å². The summed E-state index contributed by atoms with van der Waals surface area (Å²) in [5.41, 5.74) is 4.96. The zero-order valence-electron chi connectivity index (χ0n) is 15.6. The monoisotopic (exact) mass is 356 g/mol. The Morgan fingerprint density at radius 1 is 1.26 bits per heavy atom. The van der Waals surface area contributed by atoms with Crippen LogP contribution in [0.3, 0.4) is 0 Å². The molecule has 1 heterocycles. The number of aryl methyl sites for hydroxylation is 2. The minimum Gasteiger partial charge on any atom is -0.512 e. The molecule has 0 aliphatic heterocycles. The van der Waals surface area contributed by atoms with E-state index in [4.69, 9.17) is 5.26 Å². The van der Waals surface area contributed by atoms with Crippen LogP contribution in [-0.2, 0) is 11.2 Å². The van der Waals surface area contributed by atoms with Gasteiger partial charge < -0.3 is 5.11 Å². The summed E-state index contributed by atoms with van der Waals surface area (Å²) in [4.78, 5) is 17.3. The Hall–Kier alpha value is -3.37. The van der Waals surface area contributed by atoms with Crippen LogP contribution in [-0.4, -0.2) is 15.9 Å². The molecular weight excluding hydrogens is 336 g/mol. The van der Waals surface area contributed by atoms with E-state index in [-0.39, 0.29) is 17.5 Å². The molecule has 1 unspecified atom stereocenters. The molecule has 1 aromatic carbocycles. The van der Waals surface area contributed by atoms with Gasteiger partial charge in [-0.05, 0) is 61.7 Å². The molecule has 0 bridgehead atoms. The summed E-state index contributed by atoms with van der Waals surface area (Å²) in [6.07, 6.45) is 0.696. The molecular formula is C23H20N2O2. The van der Waals surface area contributed by atoms with Crippen LogP contribution >= 0.6 is 0 Å². The Kier molecular flexibility index (Phi) is 5.10. The zero-order chi connectivity index (χ0) is 19.6. The van der Waals surface area contributed by atoms with Crippen molar-refractivity contribution in [1.82, 2.24) is 4.98 Å². The van der Waals surface area contributed by atoms with Crippen molar-refractivity contribution in [2.45, 2.75) is 33.6 Å². The highest BCUT2D eigenvalue weighted by Gasteiger charge is 2.35. The maximum atomic E-state index is 13.1. The van der Waals surface area contributed by atoms with E-state index in [1.807, 2.05) is 32.0 Å². The van der Waals surface area contributed by atoms with Crippen LogP contribution in [0.2, 0.25) is 0 Å². The molecule has 0 saturated heterocycles. The largest absolute Gasteiger partial charge is 0.512 e. The van der Waals surface area contributed by atoms with Crippen LogP contribution in [0.15, 0.2) is 36.1 Å². The van der Waals surface area contributed by atoms with Gasteiger partial charge in [-0.25, -0.2) is 4.98 Å². The molecule has 0 radical (unpaired) electrons. The summed E-state index contributed by atoms with van der Waals surface area (Å²) in [7, 11) is 0. The van der Waals surface area contributed by atoms with Crippen LogP contribution in [0, 0.1) is 42.9 Å². The predicted octanol–water partition coefficient (Wildman–Crippen LogP) is 4.04. The Morgan fingerprint density at radius 3 is 2.59 bits per heavy atom. The smallest absolute Gasteiger partial charge is 0.170 e. The van der Waals surface area contributed by atoms with Gasteiger partial charge in [0, 0.05) is 30.0 Å². The molecule has 4 nitrogen and oxygen atoms in total. The Balaban J connectivity index is 1.92. The summed E-state index contributed by atoms with van der Waals surface area (Å²) < 4.78 is 0. The van der Waals surface area contributed by atoms with Crippen molar-refractivity contribution in [3.63, 3.8) is 0 Å². The van der Waals surface area contributed by atoms with E-state index < -0.39 is 0 Å². The lowest BCUT2D eigenvalue weighted by Crippen LogP contribution is -2.14. The second-order valence-electron chi connectivity index (χ2n) is 6.78. The number of nitrogens with zero attached hydrogens (tertiary/aromatic N) is 2. The molecule has 27 heavy (non-hydrogen) atoms. The Bertz CT molecular complexity index is 1040. The first-order chi connectivity index (χ1) is 12.9. The maximum absolute atomic E-state index is 13.1. The highest BCUT2D eigenvalue weighted by atomic mass is 16.3. The van der Waals surface area contributed by atoms with Gasteiger partial charge in [-0.15, -0.1) is 5.92 Å². The molecule has 1 aromatic heterocycles. The molecule has 0 fully saturated rings. The van der Waals surface area contributed by atoms with E-state index in [0.717, 1.165) is 22.3 Å². The zero-order valence-corrected chi connectivity index (χ0v) is 15.6. The predicted molar refractivity (Wildman–Crippen MR) is 104 cm³/mol. The highest BCUT2D eigenvalue weighted by molar-refractivity contribution is 6.25. The van der Waals surface area contributed by atoms with Crippen molar-refractivity contribution in [2.24, 2.45) is 5.92 Å². The summed E-state index contributed by atoms with van der Waals surface area (Å²) in [6, 6.07) is 11.1. The minimum atomic E-state index is -0.365. The van der Waals surface area contributed by atoms with Crippen molar-refractivity contribution in [2.75, 3.05) is 0 Å². The minimum absolute atomic E-state index is 0.0720. The summed E-state index contributed by atoms with van der Waals surface area (Å²) >= 11 is 0. The number of pyridine rings is 1. The average Bonchev–Trinajstić information content (AvgIpc) is 2.89. The van der Waals surface area contributed by atoms with E-state index in [0.29, 0.717) is 29.8 Å². The number of carbonyl (C=O) groups is 1. The fourth-order valence-corrected chi connectivity index (χ4v) is 3.69. The maximum Gasteiger partial charge on any atom is 0.170 e. The van der Waals surface area contributed by atoms with Crippen LogP contribution in [0.5, 0.6) is 0 Å².